The Labute approximate surface area is 181 Å². The largest absolute Gasteiger partial charge is 0.497 e. The lowest BCUT2D eigenvalue weighted by atomic mass is 9.73. The van der Waals surface area contributed by atoms with Gasteiger partial charge in [0.15, 0.2) is 0 Å². The molecule has 2 heterocycles. The van der Waals surface area contributed by atoms with Crippen LogP contribution in [0.1, 0.15) is 44.1 Å². The maximum absolute atomic E-state index is 5.66. The van der Waals surface area contributed by atoms with Gasteiger partial charge in [-0.05, 0) is 75.0 Å². The van der Waals surface area contributed by atoms with Crippen LogP contribution in [0.25, 0.3) is 0 Å². The Morgan fingerprint density at radius 3 is 2.43 bits per heavy atom. The lowest BCUT2D eigenvalue weighted by molar-refractivity contribution is 0.166. The van der Waals surface area contributed by atoms with Gasteiger partial charge in [0, 0.05) is 25.0 Å². The minimum atomic E-state index is 0.169. The summed E-state index contributed by atoms with van der Waals surface area (Å²) in [5.41, 5.74) is 2.83. The summed E-state index contributed by atoms with van der Waals surface area (Å²) in [5.74, 6) is 1.94. The van der Waals surface area contributed by atoms with Gasteiger partial charge in [0.1, 0.15) is 11.5 Å². The summed E-state index contributed by atoms with van der Waals surface area (Å²) in [7, 11) is 3.54. The van der Waals surface area contributed by atoms with E-state index >= 15 is 0 Å². The van der Waals surface area contributed by atoms with Crippen molar-refractivity contribution in [2.45, 2.75) is 43.9 Å². The maximum atomic E-state index is 5.66. The fourth-order valence-electron chi connectivity index (χ4n) is 5.36. The molecule has 2 aromatic rings. The Morgan fingerprint density at radius 1 is 0.800 bits per heavy atom. The van der Waals surface area contributed by atoms with Crippen molar-refractivity contribution in [1.82, 2.24) is 4.90 Å². The van der Waals surface area contributed by atoms with Crippen LogP contribution in [0, 0.1) is 0 Å². The molecule has 0 radical (unpaired) electrons. The van der Waals surface area contributed by atoms with Crippen LogP contribution in [-0.4, -0.2) is 51.8 Å². The maximum Gasteiger partial charge on any atom is 0.142 e. The Bertz CT molecular complexity index is 818. The normalized spacial score (nSPS) is 23.1. The highest BCUT2D eigenvalue weighted by Crippen LogP contribution is 2.40. The molecule has 0 N–H and O–H groups in total. The van der Waals surface area contributed by atoms with Crippen molar-refractivity contribution in [3.63, 3.8) is 0 Å². The van der Waals surface area contributed by atoms with E-state index in [-0.39, 0.29) is 5.41 Å². The van der Waals surface area contributed by atoms with Crippen LogP contribution in [0.4, 0.5) is 5.69 Å². The predicted octanol–water partition coefficient (Wildman–Crippen LogP) is 5.12. The topological polar surface area (TPSA) is 24.9 Å². The second kappa shape index (κ2) is 9.74. The molecular weight excluding hydrogens is 372 g/mol. The third kappa shape index (κ3) is 4.59. The molecule has 0 aliphatic carbocycles. The summed E-state index contributed by atoms with van der Waals surface area (Å²) in [6, 6.07) is 17.3. The zero-order valence-electron chi connectivity index (χ0n) is 18.6. The highest BCUT2D eigenvalue weighted by Gasteiger charge is 2.37. The van der Waals surface area contributed by atoms with Crippen LogP contribution in [0.3, 0.4) is 0 Å². The molecule has 2 aliphatic heterocycles. The van der Waals surface area contributed by atoms with Gasteiger partial charge in [-0.25, -0.2) is 0 Å². The van der Waals surface area contributed by atoms with E-state index in [1.807, 2.05) is 0 Å². The van der Waals surface area contributed by atoms with E-state index in [9.17, 15) is 0 Å². The average Bonchev–Trinajstić information content (AvgIpc) is 3.03. The van der Waals surface area contributed by atoms with Crippen LogP contribution in [-0.2, 0) is 5.41 Å². The van der Waals surface area contributed by atoms with E-state index in [4.69, 9.17) is 9.47 Å². The molecule has 0 bridgehead atoms. The number of rotatable bonds is 6. The molecular formula is C26H36N2O2. The Morgan fingerprint density at radius 2 is 1.63 bits per heavy atom. The van der Waals surface area contributed by atoms with E-state index in [0.717, 1.165) is 37.6 Å². The second-order valence-corrected chi connectivity index (χ2v) is 8.86. The quantitative estimate of drug-likeness (QED) is 0.662. The fourth-order valence-corrected chi connectivity index (χ4v) is 5.36. The number of likely N-dealkylation sites (tertiary alicyclic amines) is 1. The molecule has 162 valence electrons. The molecule has 2 aliphatic rings. The third-order valence-electron chi connectivity index (χ3n) is 7.03. The van der Waals surface area contributed by atoms with Crippen molar-refractivity contribution in [1.29, 1.82) is 0 Å². The molecule has 2 fully saturated rings. The van der Waals surface area contributed by atoms with Gasteiger partial charge in [0.2, 0.25) is 0 Å². The molecule has 0 saturated carbocycles. The SMILES string of the molecule is COc1cccc(C2(CN3CCCCC3)CCCN(c3ccccc3OC)CC2)c1. The Kier molecular flexibility index (Phi) is 6.83. The number of methoxy groups -OCH3 is 2. The van der Waals surface area contributed by atoms with Gasteiger partial charge in [0.05, 0.1) is 19.9 Å². The molecule has 2 saturated heterocycles. The van der Waals surface area contributed by atoms with Gasteiger partial charge in [-0.2, -0.15) is 0 Å². The van der Waals surface area contributed by atoms with Crippen LogP contribution >= 0.6 is 0 Å². The van der Waals surface area contributed by atoms with Crippen molar-refractivity contribution in [2.75, 3.05) is 51.8 Å². The molecule has 2 aromatic carbocycles. The van der Waals surface area contributed by atoms with Crippen molar-refractivity contribution in [2.24, 2.45) is 0 Å². The van der Waals surface area contributed by atoms with Crippen LogP contribution < -0.4 is 14.4 Å². The Balaban J connectivity index is 1.62. The molecule has 0 spiro atoms. The molecule has 0 aromatic heterocycles. The zero-order valence-corrected chi connectivity index (χ0v) is 18.6. The average molecular weight is 409 g/mol. The summed E-state index contributed by atoms with van der Waals surface area (Å²) >= 11 is 0. The number of nitrogens with zero attached hydrogens (tertiary/aromatic N) is 2. The van der Waals surface area contributed by atoms with Gasteiger partial charge < -0.3 is 19.3 Å². The number of benzene rings is 2. The third-order valence-corrected chi connectivity index (χ3v) is 7.03. The van der Waals surface area contributed by atoms with Crippen LogP contribution in [0.2, 0.25) is 0 Å². The fraction of sp³-hybridized carbons (Fsp3) is 0.538. The molecule has 0 amide bonds. The molecule has 4 nitrogen and oxygen atoms in total. The summed E-state index contributed by atoms with van der Waals surface area (Å²) in [4.78, 5) is 5.23. The van der Waals surface area contributed by atoms with Crippen LogP contribution in [0.5, 0.6) is 11.5 Å². The van der Waals surface area contributed by atoms with Gasteiger partial charge in [-0.1, -0.05) is 30.7 Å². The van der Waals surface area contributed by atoms with Crippen molar-refractivity contribution >= 4 is 5.69 Å². The van der Waals surface area contributed by atoms with E-state index in [0.29, 0.717) is 0 Å². The van der Waals surface area contributed by atoms with Crippen molar-refractivity contribution < 1.29 is 9.47 Å². The standard InChI is InChI=1S/C26H36N2O2/c1-29-23-11-8-10-22(20-23)26(21-27-16-6-3-7-17-27)14-9-18-28(19-15-26)24-12-4-5-13-25(24)30-2/h4-5,8,10-13,20H,3,6-7,9,14-19,21H2,1-2H3. The number of hydrogen-bond acceptors (Lipinski definition) is 4. The predicted molar refractivity (Wildman–Crippen MR) is 124 cm³/mol. The first-order valence-corrected chi connectivity index (χ1v) is 11.5. The smallest absolute Gasteiger partial charge is 0.142 e. The number of ether oxygens (including phenoxy) is 2. The summed E-state index contributed by atoms with van der Waals surface area (Å²) < 4.78 is 11.3. The lowest BCUT2D eigenvalue weighted by Crippen LogP contribution is -2.44. The van der Waals surface area contributed by atoms with Gasteiger partial charge in [-0.15, -0.1) is 0 Å². The zero-order chi connectivity index (χ0) is 20.8. The number of para-hydroxylation sites is 2. The first-order chi connectivity index (χ1) is 14.7. The van der Waals surface area contributed by atoms with Gasteiger partial charge >= 0.3 is 0 Å². The monoisotopic (exact) mass is 408 g/mol. The molecule has 1 unspecified atom stereocenters. The molecule has 1 atom stereocenters. The number of hydrogen-bond donors (Lipinski definition) is 0. The minimum Gasteiger partial charge on any atom is -0.497 e. The minimum absolute atomic E-state index is 0.169. The molecule has 4 heteroatoms. The molecule has 30 heavy (non-hydrogen) atoms. The summed E-state index contributed by atoms with van der Waals surface area (Å²) in [6.45, 7) is 5.75. The van der Waals surface area contributed by atoms with Crippen LogP contribution in [0.15, 0.2) is 48.5 Å². The first kappa shape index (κ1) is 21.0. The number of piperidine rings is 1. The summed E-state index contributed by atoms with van der Waals surface area (Å²) in [5, 5.41) is 0. The van der Waals surface area contributed by atoms with E-state index < -0.39 is 0 Å². The summed E-state index contributed by atoms with van der Waals surface area (Å²) in [6.07, 6.45) is 7.59. The van der Waals surface area contributed by atoms with Gasteiger partial charge in [0.25, 0.3) is 0 Å². The molecule has 4 rings (SSSR count). The second-order valence-electron chi connectivity index (χ2n) is 8.86. The van der Waals surface area contributed by atoms with E-state index in [1.54, 1.807) is 14.2 Å². The first-order valence-electron chi connectivity index (χ1n) is 11.5. The Hall–Kier alpha value is -2.20. The highest BCUT2D eigenvalue weighted by molar-refractivity contribution is 5.58. The number of anilines is 1. The lowest BCUT2D eigenvalue weighted by Gasteiger charge is -2.40. The van der Waals surface area contributed by atoms with Gasteiger partial charge in [-0.3, -0.25) is 0 Å². The van der Waals surface area contributed by atoms with Crippen molar-refractivity contribution in [3.05, 3.63) is 54.1 Å². The van der Waals surface area contributed by atoms with E-state index in [2.05, 4.69) is 58.3 Å². The van der Waals surface area contributed by atoms with Crippen molar-refractivity contribution in [3.8, 4) is 11.5 Å². The highest BCUT2D eigenvalue weighted by atomic mass is 16.5. The van der Waals surface area contributed by atoms with E-state index in [1.165, 1.54) is 56.4 Å².